The molecule has 1 saturated heterocycles. The van der Waals surface area contributed by atoms with Crippen LogP contribution in [-0.4, -0.2) is 33.7 Å². The molecule has 0 aliphatic carbocycles. The van der Waals surface area contributed by atoms with Crippen molar-refractivity contribution in [3.63, 3.8) is 0 Å². The molecule has 0 unspecified atom stereocenters. The summed E-state index contributed by atoms with van der Waals surface area (Å²) in [6.07, 6.45) is 5.27. The second kappa shape index (κ2) is 6.34. The van der Waals surface area contributed by atoms with E-state index in [1.807, 2.05) is 34.0 Å². The number of amides is 1. The minimum atomic E-state index is -0.531. The average molecular weight is 333 g/mol. The molecule has 0 spiro atoms. The number of nitrogens with one attached hydrogen (secondary N) is 1. The summed E-state index contributed by atoms with van der Waals surface area (Å²) in [5.74, 6) is 0.203. The van der Waals surface area contributed by atoms with Crippen molar-refractivity contribution in [2.75, 3.05) is 13.1 Å². The molecule has 2 aromatic rings. The summed E-state index contributed by atoms with van der Waals surface area (Å²) >= 11 is 0. The van der Waals surface area contributed by atoms with Crippen molar-refractivity contribution >= 4 is 18.3 Å². The van der Waals surface area contributed by atoms with Gasteiger partial charge in [-0.05, 0) is 43.1 Å². The van der Waals surface area contributed by atoms with Gasteiger partial charge in [0.05, 0.1) is 0 Å². The second-order valence-electron chi connectivity index (χ2n) is 6.16. The molecule has 2 aliphatic rings. The van der Waals surface area contributed by atoms with E-state index in [4.69, 9.17) is 0 Å². The van der Waals surface area contributed by atoms with E-state index >= 15 is 0 Å². The fourth-order valence-corrected chi connectivity index (χ4v) is 3.67. The smallest absolute Gasteiger partial charge is 0.251 e. The third-order valence-electron chi connectivity index (χ3n) is 4.90. The lowest BCUT2D eigenvalue weighted by Crippen LogP contribution is -2.54. The van der Waals surface area contributed by atoms with Gasteiger partial charge in [-0.1, -0.05) is 24.3 Å². The van der Waals surface area contributed by atoms with Crippen LogP contribution >= 0.6 is 12.4 Å². The Kier molecular flexibility index (Phi) is 4.41. The van der Waals surface area contributed by atoms with Gasteiger partial charge in [0.1, 0.15) is 5.54 Å². The lowest BCUT2D eigenvalue weighted by molar-refractivity contribution is -0.143. The topological polar surface area (TPSA) is 50.2 Å². The standard InChI is InChI=1S/C17H20N4O.ClH/c22-16(20-12-14-4-1-2-5-15(14)13-20)17(6-9-18-10-7-17)21-11-3-8-19-21;/h1-5,8,11,18H,6-7,9-10,12-13H2;1H. The van der Waals surface area contributed by atoms with Crippen LogP contribution in [0.4, 0.5) is 0 Å². The van der Waals surface area contributed by atoms with Gasteiger partial charge in [0.25, 0.3) is 5.91 Å². The molecule has 6 heteroatoms. The zero-order valence-electron chi connectivity index (χ0n) is 12.9. The van der Waals surface area contributed by atoms with E-state index in [-0.39, 0.29) is 18.3 Å². The molecule has 1 fully saturated rings. The molecule has 0 atom stereocenters. The minimum Gasteiger partial charge on any atom is -0.332 e. The highest BCUT2D eigenvalue weighted by Gasteiger charge is 2.45. The molecular formula is C17H21ClN4O. The lowest BCUT2D eigenvalue weighted by Gasteiger charge is -2.39. The maximum absolute atomic E-state index is 13.3. The number of carbonyl (C=O) groups is 1. The molecule has 1 aromatic carbocycles. The van der Waals surface area contributed by atoms with E-state index in [1.54, 1.807) is 6.20 Å². The molecule has 0 radical (unpaired) electrons. The van der Waals surface area contributed by atoms with Crippen LogP contribution in [0.2, 0.25) is 0 Å². The van der Waals surface area contributed by atoms with Gasteiger partial charge >= 0.3 is 0 Å². The van der Waals surface area contributed by atoms with Crippen LogP contribution in [0, 0.1) is 0 Å². The van der Waals surface area contributed by atoms with Crippen LogP contribution in [-0.2, 0) is 23.4 Å². The Morgan fingerprint density at radius 1 is 1.09 bits per heavy atom. The van der Waals surface area contributed by atoms with Gasteiger partial charge < -0.3 is 10.2 Å². The molecule has 3 heterocycles. The molecule has 0 bridgehead atoms. The molecule has 1 amide bonds. The van der Waals surface area contributed by atoms with Crippen LogP contribution in [0.15, 0.2) is 42.7 Å². The Morgan fingerprint density at radius 3 is 2.30 bits per heavy atom. The maximum Gasteiger partial charge on any atom is 0.251 e. The minimum absolute atomic E-state index is 0. The van der Waals surface area contributed by atoms with Crippen molar-refractivity contribution in [2.24, 2.45) is 0 Å². The third-order valence-corrected chi connectivity index (χ3v) is 4.90. The van der Waals surface area contributed by atoms with Crippen molar-refractivity contribution in [1.29, 1.82) is 0 Å². The molecule has 23 heavy (non-hydrogen) atoms. The van der Waals surface area contributed by atoms with Gasteiger partial charge in [-0.3, -0.25) is 9.48 Å². The average Bonchev–Trinajstić information content (AvgIpc) is 3.24. The number of carbonyl (C=O) groups excluding carboxylic acids is 1. The Morgan fingerprint density at radius 2 is 1.74 bits per heavy atom. The number of piperidine rings is 1. The summed E-state index contributed by atoms with van der Waals surface area (Å²) < 4.78 is 1.87. The Hall–Kier alpha value is -1.85. The number of nitrogens with zero attached hydrogens (tertiary/aromatic N) is 3. The molecule has 4 rings (SSSR count). The summed E-state index contributed by atoms with van der Waals surface area (Å²) in [6.45, 7) is 3.13. The number of fused-ring (bicyclic) bond motifs is 1. The van der Waals surface area contributed by atoms with Crippen molar-refractivity contribution in [1.82, 2.24) is 20.0 Å². The van der Waals surface area contributed by atoms with Gasteiger partial charge in [0, 0.05) is 25.5 Å². The highest BCUT2D eigenvalue weighted by Crippen LogP contribution is 2.33. The van der Waals surface area contributed by atoms with Gasteiger partial charge in [0.2, 0.25) is 0 Å². The molecule has 5 nitrogen and oxygen atoms in total. The van der Waals surface area contributed by atoms with Gasteiger partial charge in [-0.25, -0.2) is 0 Å². The van der Waals surface area contributed by atoms with Crippen LogP contribution in [0.5, 0.6) is 0 Å². The summed E-state index contributed by atoms with van der Waals surface area (Å²) in [5.41, 5.74) is 2.00. The van der Waals surface area contributed by atoms with E-state index in [9.17, 15) is 4.79 Å². The van der Waals surface area contributed by atoms with Crippen molar-refractivity contribution in [3.05, 3.63) is 53.9 Å². The first-order valence-electron chi connectivity index (χ1n) is 7.87. The SMILES string of the molecule is Cl.O=C(N1Cc2ccccc2C1)C1(n2cccn2)CCNCC1. The quantitative estimate of drug-likeness (QED) is 0.914. The Bertz CT molecular complexity index is 655. The lowest BCUT2D eigenvalue weighted by atomic mass is 9.87. The van der Waals surface area contributed by atoms with E-state index in [0.29, 0.717) is 13.1 Å². The monoisotopic (exact) mass is 332 g/mol. The summed E-state index contributed by atoms with van der Waals surface area (Å²) in [4.78, 5) is 15.3. The third kappa shape index (κ3) is 2.64. The highest BCUT2D eigenvalue weighted by atomic mass is 35.5. The maximum atomic E-state index is 13.3. The molecule has 0 saturated carbocycles. The zero-order valence-corrected chi connectivity index (χ0v) is 13.8. The largest absolute Gasteiger partial charge is 0.332 e. The predicted octanol–water partition coefficient (Wildman–Crippen LogP) is 1.93. The van der Waals surface area contributed by atoms with Crippen LogP contribution in [0.1, 0.15) is 24.0 Å². The van der Waals surface area contributed by atoms with Crippen LogP contribution in [0.25, 0.3) is 0 Å². The summed E-state index contributed by atoms with van der Waals surface area (Å²) in [7, 11) is 0. The summed E-state index contributed by atoms with van der Waals surface area (Å²) in [5, 5.41) is 7.75. The number of benzene rings is 1. The highest BCUT2D eigenvalue weighted by molar-refractivity contribution is 5.85. The number of hydrogen-bond donors (Lipinski definition) is 1. The van der Waals surface area contributed by atoms with Crippen molar-refractivity contribution in [3.8, 4) is 0 Å². The molecule has 1 N–H and O–H groups in total. The first-order chi connectivity index (χ1) is 10.8. The first kappa shape index (κ1) is 16.0. The van der Waals surface area contributed by atoms with E-state index in [2.05, 4.69) is 22.5 Å². The van der Waals surface area contributed by atoms with E-state index in [0.717, 1.165) is 25.9 Å². The fourth-order valence-electron chi connectivity index (χ4n) is 3.67. The molecule has 1 aromatic heterocycles. The van der Waals surface area contributed by atoms with Crippen LogP contribution in [0.3, 0.4) is 0 Å². The van der Waals surface area contributed by atoms with E-state index in [1.165, 1.54) is 11.1 Å². The van der Waals surface area contributed by atoms with E-state index < -0.39 is 5.54 Å². The van der Waals surface area contributed by atoms with Gasteiger partial charge in [-0.15, -0.1) is 12.4 Å². The van der Waals surface area contributed by atoms with Gasteiger partial charge in [-0.2, -0.15) is 5.10 Å². The fraction of sp³-hybridized carbons (Fsp3) is 0.412. The Labute approximate surface area is 142 Å². The summed E-state index contributed by atoms with van der Waals surface area (Å²) in [6, 6.07) is 10.2. The number of hydrogen-bond acceptors (Lipinski definition) is 3. The Balaban J connectivity index is 0.00000156. The van der Waals surface area contributed by atoms with Gasteiger partial charge in [0.15, 0.2) is 0 Å². The van der Waals surface area contributed by atoms with Crippen molar-refractivity contribution < 1.29 is 4.79 Å². The predicted molar refractivity (Wildman–Crippen MR) is 90.2 cm³/mol. The zero-order chi connectivity index (χ0) is 15.0. The van der Waals surface area contributed by atoms with Crippen LogP contribution < -0.4 is 5.32 Å². The number of halogens is 1. The number of aromatic nitrogens is 2. The molecule has 2 aliphatic heterocycles. The molecular weight excluding hydrogens is 312 g/mol. The second-order valence-corrected chi connectivity index (χ2v) is 6.16. The number of rotatable bonds is 2. The first-order valence-corrected chi connectivity index (χ1v) is 7.87. The molecule has 122 valence electrons. The van der Waals surface area contributed by atoms with Crippen molar-refractivity contribution in [2.45, 2.75) is 31.5 Å². The normalized spacial score (nSPS) is 19.0.